The van der Waals surface area contributed by atoms with Crippen molar-refractivity contribution < 1.29 is 39.5 Å². The molecule has 1 heterocycles. The molecule has 0 aliphatic carbocycles. The fourth-order valence-electron chi connectivity index (χ4n) is 0.454. The molecule has 0 aliphatic rings. The molecule has 0 amide bonds. The number of carboxylic acids is 1. The standard InChI is InChI=1S/C3H4N4O2S.Na/c8-2(9)1-7-3(10)4-5-6-7;/h1H2,(H,8,9)(H,4,6,10);/q;+1. The Morgan fingerprint density at radius 2 is 2.45 bits per heavy atom. The average Bonchev–Trinajstić information content (AvgIpc) is 2.15. The van der Waals surface area contributed by atoms with Gasteiger partial charge in [0.1, 0.15) is 6.54 Å². The van der Waals surface area contributed by atoms with E-state index in [4.69, 9.17) is 5.11 Å². The molecule has 1 rings (SSSR count). The number of hydrogen-bond acceptors (Lipinski definition) is 4. The first-order chi connectivity index (χ1) is 4.70. The average molecular weight is 183 g/mol. The smallest absolute Gasteiger partial charge is 0.480 e. The number of aromatic nitrogens is 4. The predicted molar refractivity (Wildman–Crippen MR) is 32.8 cm³/mol. The molecule has 0 saturated heterocycles. The fraction of sp³-hybridized carbons (Fsp3) is 0.333. The van der Waals surface area contributed by atoms with E-state index in [1.165, 1.54) is 0 Å². The monoisotopic (exact) mass is 183 g/mol. The van der Waals surface area contributed by atoms with Crippen LogP contribution >= 0.6 is 12.2 Å². The molecule has 0 atom stereocenters. The molecule has 6 nitrogen and oxygen atoms in total. The van der Waals surface area contributed by atoms with Gasteiger partial charge in [-0.3, -0.25) is 4.79 Å². The maximum Gasteiger partial charge on any atom is 1.00 e. The molecule has 0 unspecified atom stereocenters. The first-order valence-corrected chi connectivity index (χ1v) is 2.80. The van der Waals surface area contributed by atoms with Crippen LogP contribution < -0.4 is 29.6 Å². The number of tetrazole rings is 1. The van der Waals surface area contributed by atoms with E-state index in [1.54, 1.807) is 0 Å². The predicted octanol–water partition coefficient (Wildman–Crippen LogP) is -3.58. The van der Waals surface area contributed by atoms with Crippen LogP contribution in [0.3, 0.4) is 0 Å². The number of rotatable bonds is 2. The maximum atomic E-state index is 10.1. The SMILES string of the molecule is O=C(O)Cn1[nH]nnc1=S.[Na+]. The van der Waals surface area contributed by atoms with Crippen LogP contribution in [0.1, 0.15) is 0 Å². The Morgan fingerprint density at radius 3 is 2.82 bits per heavy atom. The van der Waals surface area contributed by atoms with Crippen molar-refractivity contribution in [1.82, 2.24) is 20.2 Å². The molecule has 0 fully saturated rings. The van der Waals surface area contributed by atoms with E-state index < -0.39 is 5.97 Å². The van der Waals surface area contributed by atoms with Gasteiger partial charge in [0.25, 0.3) is 0 Å². The summed E-state index contributed by atoms with van der Waals surface area (Å²) in [6.45, 7) is -0.230. The van der Waals surface area contributed by atoms with Crippen LogP contribution in [-0.4, -0.2) is 31.3 Å². The Morgan fingerprint density at radius 1 is 1.82 bits per heavy atom. The molecule has 0 spiro atoms. The molecule has 0 bridgehead atoms. The Balaban J connectivity index is 0.000001000. The molecule has 0 radical (unpaired) electrons. The number of carbonyl (C=O) groups is 1. The molecule has 1 aromatic rings. The molecule has 1 aromatic heterocycles. The van der Waals surface area contributed by atoms with Gasteiger partial charge in [-0.25, -0.2) is 4.68 Å². The van der Waals surface area contributed by atoms with E-state index in [0.29, 0.717) is 0 Å². The zero-order valence-electron chi connectivity index (χ0n) is 5.81. The van der Waals surface area contributed by atoms with Crippen LogP contribution in [0.5, 0.6) is 0 Å². The second kappa shape index (κ2) is 4.60. The van der Waals surface area contributed by atoms with Crippen molar-refractivity contribution in [1.29, 1.82) is 0 Å². The minimum Gasteiger partial charge on any atom is -0.480 e. The fourth-order valence-corrected chi connectivity index (χ4v) is 0.600. The topological polar surface area (TPSA) is 83.8 Å². The molecule has 0 aromatic carbocycles. The van der Waals surface area contributed by atoms with Crippen LogP contribution in [0.4, 0.5) is 0 Å². The summed E-state index contributed by atoms with van der Waals surface area (Å²) in [6, 6.07) is 0. The van der Waals surface area contributed by atoms with Crippen molar-refractivity contribution in [3.05, 3.63) is 4.77 Å². The van der Waals surface area contributed by atoms with Gasteiger partial charge >= 0.3 is 35.5 Å². The van der Waals surface area contributed by atoms with Gasteiger partial charge < -0.3 is 5.11 Å². The van der Waals surface area contributed by atoms with Crippen molar-refractivity contribution in [2.45, 2.75) is 6.54 Å². The Hall–Kier alpha value is -0.240. The number of aromatic amines is 1. The van der Waals surface area contributed by atoms with Gasteiger partial charge in [-0.1, -0.05) is 10.3 Å². The second-order valence-corrected chi connectivity index (χ2v) is 1.93. The third-order valence-corrected chi connectivity index (χ3v) is 1.13. The van der Waals surface area contributed by atoms with Gasteiger partial charge in [-0.05, 0) is 12.2 Å². The molecule has 11 heavy (non-hydrogen) atoms. The summed E-state index contributed by atoms with van der Waals surface area (Å²) < 4.78 is 1.29. The van der Waals surface area contributed by atoms with E-state index in [9.17, 15) is 4.79 Å². The van der Waals surface area contributed by atoms with Crippen LogP contribution in [0, 0.1) is 4.77 Å². The van der Waals surface area contributed by atoms with E-state index in [-0.39, 0.29) is 40.9 Å². The van der Waals surface area contributed by atoms with Crippen molar-refractivity contribution in [3.8, 4) is 0 Å². The van der Waals surface area contributed by atoms with E-state index in [2.05, 4.69) is 27.7 Å². The molecule has 0 saturated carbocycles. The largest absolute Gasteiger partial charge is 1.00 e. The maximum absolute atomic E-state index is 10.1. The minimum atomic E-state index is -0.984. The van der Waals surface area contributed by atoms with Crippen molar-refractivity contribution in [3.63, 3.8) is 0 Å². The summed E-state index contributed by atoms with van der Waals surface area (Å²) in [5, 5.41) is 17.2. The zero-order valence-corrected chi connectivity index (χ0v) is 8.63. The first kappa shape index (κ1) is 10.8. The molecule has 0 aliphatic heterocycles. The van der Waals surface area contributed by atoms with Crippen molar-refractivity contribution in [2.24, 2.45) is 0 Å². The summed E-state index contributed by atoms with van der Waals surface area (Å²) >= 11 is 4.60. The normalized spacial score (nSPS) is 8.73. The van der Waals surface area contributed by atoms with Crippen molar-refractivity contribution in [2.75, 3.05) is 0 Å². The molecular weight excluding hydrogens is 179 g/mol. The molecular formula is C3H4N4NaO2S+. The summed E-state index contributed by atoms with van der Waals surface area (Å²) in [5.41, 5.74) is 0. The van der Waals surface area contributed by atoms with Gasteiger partial charge in [0.05, 0.1) is 0 Å². The van der Waals surface area contributed by atoms with Crippen LogP contribution in [0.25, 0.3) is 0 Å². The van der Waals surface area contributed by atoms with Crippen LogP contribution in [-0.2, 0) is 11.3 Å². The number of nitrogens with zero attached hydrogens (tertiary/aromatic N) is 3. The minimum absolute atomic E-state index is 0. The third kappa shape index (κ3) is 3.10. The molecule has 8 heteroatoms. The number of carboxylic acid groups (broad SMARTS) is 1. The number of H-pyrrole nitrogens is 1. The summed E-state index contributed by atoms with van der Waals surface area (Å²) in [4.78, 5) is 10.1. The van der Waals surface area contributed by atoms with Crippen LogP contribution in [0.2, 0.25) is 0 Å². The molecule has 2 N–H and O–H groups in total. The van der Waals surface area contributed by atoms with Gasteiger partial charge in [0.2, 0.25) is 4.77 Å². The van der Waals surface area contributed by atoms with E-state index in [0.717, 1.165) is 4.68 Å². The van der Waals surface area contributed by atoms with Crippen LogP contribution in [0.15, 0.2) is 0 Å². The van der Waals surface area contributed by atoms with E-state index in [1.807, 2.05) is 0 Å². The summed E-state index contributed by atoms with van der Waals surface area (Å²) in [5.74, 6) is -0.984. The zero-order chi connectivity index (χ0) is 7.56. The number of nitrogens with one attached hydrogen (secondary N) is 1. The van der Waals surface area contributed by atoms with Gasteiger partial charge in [-0.15, -0.1) is 0 Å². The summed E-state index contributed by atoms with van der Waals surface area (Å²) in [7, 11) is 0. The third-order valence-electron chi connectivity index (χ3n) is 0.825. The van der Waals surface area contributed by atoms with Gasteiger partial charge in [0.15, 0.2) is 0 Å². The number of hydrogen-bond donors (Lipinski definition) is 2. The Kier molecular flexibility index (Phi) is 4.50. The van der Waals surface area contributed by atoms with Crippen molar-refractivity contribution >= 4 is 18.2 Å². The first-order valence-electron chi connectivity index (χ1n) is 2.40. The van der Waals surface area contributed by atoms with Gasteiger partial charge in [0, 0.05) is 0 Å². The summed E-state index contributed by atoms with van der Waals surface area (Å²) in [6.07, 6.45) is 0. The van der Waals surface area contributed by atoms with E-state index >= 15 is 0 Å². The number of aliphatic carboxylic acids is 1. The Labute approximate surface area is 88.9 Å². The molecule has 54 valence electrons. The Bertz CT molecular complexity index is 294. The quantitative estimate of drug-likeness (QED) is 0.366. The second-order valence-electron chi connectivity index (χ2n) is 1.56. The van der Waals surface area contributed by atoms with Gasteiger partial charge in [-0.2, -0.15) is 5.21 Å².